The number of nitrogens with zero attached hydrogens (tertiary/aromatic N) is 2. The van der Waals surface area contributed by atoms with Crippen LogP contribution in [0.3, 0.4) is 0 Å². The van der Waals surface area contributed by atoms with Gasteiger partial charge in [0.2, 0.25) is 0 Å². The van der Waals surface area contributed by atoms with Gasteiger partial charge in [-0.05, 0) is 28.7 Å². The lowest BCUT2D eigenvalue weighted by molar-refractivity contribution is 0.620. The van der Waals surface area contributed by atoms with Gasteiger partial charge in [-0.15, -0.1) is 0 Å². The van der Waals surface area contributed by atoms with Crippen molar-refractivity contribution >= 4 is 57.4 Å². The zero-order valence-corrected chi connectivity index (χ0v) is 12.8. The molecule has 2 rings (SSSR count). The zero-order valence-electron chi connectivity index (χ0n) is 9.17. The number of pyridine rings is 2. The molecule has 4 nitrogen and oxygen atoms in total. The summed E-state index contributed by atoms with van der Waals surface area (Å²) < 4.78 is 25.3. The van der Waals surface area contributed by atoms with Crippen LogP contribution in [-0.4, -0.2) is 9.97 Å². The van der Waals surface area contributed by atoms with E-state index >= 15 is 0 Å². The molecule has 0 aromatic carbocycles. The highest BCUT2D eigenvalue weighted by atomic mass is 127. The molecule has 0 amide bonds. The maximum Gasteiger partial charge on any atom is 0.180 e. The lowest BCUT2D eigenvalue weighted by Gasteiger charge is -1.98. The summed E-state index contributed by atoms with van der Waals surface area (Å²) in [5.41, 5.74) is 10.2. The second-order valence-corrected chi connectivity index (χ2v) is 5.06. The minimum atomic E-state index is -0.581. The van der Waals surface area contributed by atoms with E-state index in [1.54, 1.807) is 22.6 Å². The van der Waals surface area contributed by atoms with Gasteiger partial charge in [0.15, 0.2) is 23.3 Å². The third kappa shape index (κ3) is 4.59. The summed E-state index contributed by atoms with van der Waals surface area (Å²) in [5.74, 6) is -1.37. The summed E-state index contributed by atoms with van der Waals surface area (Å²) in [7, 11) is 0. The van der Waals surface area contributed by atoms with Gasteiger partial charge in [0.25, 0.3) is 0 Å². The fourth-order valence-corrected chi connectivity index (χ4v) is 1.57. The SMILES string of the molecule is Nc1ncc(Cl)c(I)c1F.Nc1ncc(Cl)cc1F. The van der Waals surface area contributed by atoms with Crippen molar-refractivity contribution < 1.29 is 8.78 Å². The van der Waals surface area contributed by atoms with Crippen LogP contribution in [-0.2, 0) is 0 Å². The van der Waals surface area contributed by atoms with Crippen molar-refractivity contribution in [1.82, 2.24) is 9.97 Å². The smallest absolute Gasteiger partial charge is 0.180 e. The van der Waals surface area contributed by atoms with E-state index in [1.807, 2.05) is 0 Å². The number of hydrogen-bond acceptors (Lipinski definition) is 4. The third-order valence-electron chi connectivity index (χ3n) is 1.78. The number of hydrogen-bond donors (Lipinski definition) is 2. The summed E-state index contributed by atoms with van der Waals surface area (Å²) in [6.07, 6.45) is 2.61. The first-order chi connectivity index (χ1) is 8.82. The molecule has 0 bridgehead atoms. The van der Waals surface area contributed by atoms with E-state index in [2.05, 4.69) is 9.97 Å². The van der Waals surface area contributed by atoms with Gasteiger partial charge in [-0.25, -0.2) is 18.7 Å². The molecule has 0 saturated heterocycles. The number of halogens is 5. The predicted molar refractivity (Wildman–Crippen MR) is 80.0 cm³/mol. The molecule has 2 aromatic rings. The van der Waals surface area contributed by atoms with Crippen LogP contribution in [0.1, 0.15) is 0 Å². The molecule has 0 aliphatic rings. The predicted octanol–water partition coefficient (Wildman–Crippen LogP) is 3.52. The number of rotatable bonds is 0. The fourth-order valence-electron chi connectivity index (χ4n) is 0.882. The Morgan fingerprint density at radius 1 is 1.05 bits per heavy atom. The highest BCUT2D eigenvalue weighted by molar-refractivity contribution is 14.1. The lowest BCUT2D eigenvalue weighted by Crippen LogP contribution is -1.96. The van der Waals surface area contributed by atoms with Crippen molar-refractivity contribution in [2.75, 3.05) is 11.5 Å². The Morgan fingerprint density at radius 2 is 1.63 bits per heavy atom. The summed E-state index contributed by atoms with van der Waals surface area (Å²) in [6.45, 7) is 0. The summed E-state index contributed by atoms with van der Waals surface area (Å²) >= 11 is 12.6. The Kier molecular flexibility index (Phi) is 5.95. The summed E-state index contributed by atoms with van der Waals surface area (Å²) in [5, 5.41) is 0.536. The Bertz CT molecular complexity index is 571. The van der Waals surface area contributed by atoms with E-state index in [1.165, 1.54) is 12.4 Å². The van der Waals surface area contributed by atoms with Crippen LogP contribution in [0.15, 0.2) is 18.5 Å². The summed E-state index contributed by atoms with van der Waals surface area (Å²) in [6, 6.07) is 1.11. The molecule has 19 heavy (non-hydrogen) atoms. The molecule has 0 aliphatic carbocycles. The first-order valence-corrected chi connectivity index (χ1v) is 6.48. The van der Waals surface area contributed by atoms with E-state index in [-0.39, 0.29) is 21.7 Å². The highest BCUT2D eigenvalue weighted by Crippen LogP contribution is 2.22. The Morgan fingerprint density at radius 3 is 2.11 bits per heavy atom. The molecule has 2 heterocycles. The molecular formula is C10H7Cl2F2IN4. The van der Waals surface area contributed by atoms with Crippen molar-refractivity contribution in [2.45, 2.75) is 0 Å². The zero-order chi connectivity index (χ0) is 14.6. The normalized spacial score (nSPS) is 9.74. The van der Waals surface area contributed by atoms with E-state index in [0.29, 0.717) is 3.57 Å². The molecule has 0 saturated carbocycles. The van der Waals surface area contributed by atoms with E-state index in [4.69, 9.17) is 34.7 Å². The van der Waals surface area contributed by atoms with Crippen LogP contribution < -0.4 is 11.5 Å². The highest BCUT2D eigenvalue weighted by Gasteiger charge is 2.07. The van der Waals surface area contributed by atoms with Crippen molar-refractivity contribution in [1.29, 1.82) is 0 Å². The number of nitrogens with two attached hydrogens (primary N) is 2. The fraction of sp³-hybridized carbons (Fsp3) is 0. The van der Waals surface area contributed by atoms with Gasteiger partial charge in [0.05, 0.1) is 13.6 Å². The van der Waals surface area contributed by atoms with E-state index < -0.39 is 11.6 Å². The first-order valence-electron chi connectivity index (χ1n) is 4.64. The molecule has 2 aromatic heterocycles. The molecule has 9 heteroatoms. The van der Waals surface area contributed by atoms with E-state index in [0.717, 1.165) is 6.07 Å². The number of aromatic nitrogens is 2. The minimum Gasteiger partial charge on any atom is -0.381 e. The monoisotopic (exact) mass is 418 g/mol. The average Bonchev–Trinajstić information content (AvgIpc) is 2.37. The Balaban J connectivity index is 0.000000191. The van der Waals surface area contributed by atoms with Crippen LogP contribution in [0.5, 0.6) is 0 Å². The quantitative estimate of drug-likeness (QED) is 0.641. The van der Waals surface area contributed by atoms with Crippen LogP contribution >= 0.6 is 45.8 Å². The largest absolute Gasteiger partial charge is 0.381 e. The number of nitrogen functional groups attached to an aromatic ring is 2. The van der Waals surface area contributed by atoms with Gasteiger partial charge < -0.3 is 11.5 Å². The molecule has 0 fully saturated rings. The molecule has 102 valence electrons. The maximum atomic E-state index is 12.7. The van der Waals surface area contributed by atoms with Crippen molar-refractivity contribution in [3.8, 4) is 0 Å². The molecular weight excluding hydrogens is 412 g/mol. The Hall–Kier alpha value is -0.930. The summed E-state index contributed by atoms with van der Waals surface area (Å²) in [4.78, 5) is 6.95. The first kappa shape index (κ1) is 16.1. The maximum absolute atomic E-state index is 12.7. The van der Waals surface area contributed by atoms with Crippen molar-refractivity contribution in [3.63, 3.8) is 0 Å². The molecule has 0 spiro atoms. The van der Waals surface area contributed by atoms with Crippen molar-refractivity contribution in [2.24, 2.45) is 0 Å². The van der Waals surface area contributed by atoms with Crippen LogP contribution in [0, 0.1) is 15.2 Å². The van der Waals surface area contributed by atoms with Gasteiger partial charge in [-0.2, -0.15) is 0 Å². The molecule has 0 unspecified atom stereocenters. The minimum absolute atomic E-state index is 0.117. The topological polar surface area (TPSA) is 77.8 Å². The molecule has 0 atom stereocenters. The van der Waals surface area contributed by atoms with Crippen LogP contribution in [0.25, 0.3) is 0 Å². The van der Waals surface area contributed by atoms with Gasteiger partial charge >= 0.3 is 0 Å². The second-order valence-electron chi connectivity index (χ2n) is 3.14. The number of anilines is 2. The second kappa shape index (κ2) is 7.01. The Labute approximate surface area is 131 Å². The van der Waals surface area contributed by atoms with Gasteiger partial charge in [0, 0.05) is 12.4 Å². The van der Waals surface area contributed by atoms with Crippen molar-refractivity contribution in [3.05, 3.63) is 43.7 Å². The van der Waals surface area contributed by atoms with E-state index in [9.17, 15) is 8.78 Å². The molecule has 0 aliphatic heterocycles. The van der Waals surface area contributed by atoms with Gasteiger partial charge in [-0.1, -0.05) is 23.2 Å². The third-order valence-corrected chi connectivity index (χ3v) is 3.65. The van der Waals surface area contributed by atoms with Crippen LogP contribution in [0.4, 0.5) is 20.4 Å². The van der Waals surface area contributed by atoms with Gasteiger partial charge in [0.1, 0.15) is 0 Å². The molecule has 0 radical (unpaired) electrons. The van der Waals surface area contributed by atoms with Gasteiger partial charge in [-0.3, -0.25) is 0 Å². The van der Waals surface area contributed by atoms with Crippen LogP contribution in [0.2, 0.25) is 10.0 Å². The lowest BCUT2D eigenvalue weighted by atomic mass is 10.4. The average molecular weight is 419 g/mol. The molecule has 4 N–H and O–H groups in total. The standard InChI is InChI=1S/C5H3ClFIN2.C5H4ClFN2/c6-2-1-10-5(9)3(7)4(2)8;6-3-1-4(7)5(8)9-2-3/h1H,(H2,9,10);1-2H,(H2,8,9).